The minimum absolute atomic E-state index is 0.655. The first-order chi connectivity index (χ1) is 7.31. The summed E-state index contributed by atoms with van der Waals surface area (Å²) >= 11 is 1.68. The van der Waals surface area contributed by atoms with Crippen molar-refractivity contribution in [1.82, 2.24) is 4.98 Å². The molecule has 2 aromatic rings. The van der Waals surface area contributed by atoms with Crippen LogP contribution in [-0.4, -0.2) is 11.5 Å². The van der Waals surface area contributed by atoms with Crippen LogP contribution in [0.3, 0.4) is 0 Å². The Labute approximate surface area is 93.8 Å². The highest BCUT2D eigenvalue weighted by Crippen LogP contribution is 2.27. The second kappa shape index (κ2) is 4.55. The third-order valence-electron chi connectivity index (χ3n) is 2.34. The van der Waals surface area contributed by atoms with Crippen LogP contribution >= 0.6 is 11.3 Å². The van der Waals surface area contributed by atoms with Gasteiger partial charge in [0.1, 0.15) is 0 Å². The van der Waals surface area contributed by atoms with Gasteiger partial charge in [-0.1, -0.05) is 29.8 Å². The van der Waals surface area contributed by atoms with Crippen LogP contribution in [0, 0.1) is 6.92 Å². The predicted molar refractivity (Wildman–Crippen MR) is 65.0 cm³/mol. The van der Waals surface area contributed by atoms with Gasteiger partial charge in [-0.2, -0.15) is 0 Å². The summed E-state index contributed by atoms with van der Waals surface area (Å²) < 4.78 is 0. The van der Waals surface area contributed by atoms with E-state index in [1.807, 2.05) is 5.51 Å². The molecule has 0 aliphatic heterocycles. The van der Waals surface area contributed by atoms with Crippen molar-refractivity contribution in [2.24, 2.45) is 5.73 Å². The molecule has 0 unspecified atom stereocenters. The molecule has 0 saturated carbocycles. The Kier molecular flexibility index (Phi) is 3.14. The molecule has 0 amide bonds. The normalized spacial score (nSPS) is 10.5. The average molecular weight is 218 g/mol. The van der Waals surface area contributed by atoms with Gasteiger partial charge in [-0.15, -0.1) is 11.3 Å². The zero-order valence-corrected chi connectivity index (χ0v) is 9.55. The molecule has 2 N–H and O–H groups in total. The van der Waals surface area contributed by atoms with Crippen LogP contribution < -0.4 is 5.73 Å². The molecule has 0 aliphatic rings. The zero-order chi connectivity index (χ0) is 10.7. The Hall–Kier alpha value is -1.19. The summed E-state index contributed by atoms with van der Waals surface area (Å²) in [6.07, 6.45) is 0.854. The summed E-state index contributed by atoms with van der Waals surface area (Å²) in [5, 5.41) is 0. The van der Waals surface area contributed by atoms with Crippen molar-refractivity contribution in [2.45, 2.75) is 13.3 Å². The molecule has 0 saturated heterocycles. The number of hydrogen-bond donors (Lipinski definition) is 1. The summed E-state index contributed by atoms with van der Waals surface area (Å²) in [5.74, 6) is 0. The Morgan fingerprint density at radius 1 is 1.27 bits per heavy atom. The van der Waals surface area contributed by atoms with Crippen molar-refractivity contribution in [3.05, 3.63) is 41.0 Å². The molecule has 1 aromatic heterocycles. The van der Waals surface area contributed by atoms with Crippen molar-refractivity contribution in [2.75, 3.05) is 6.54 Å². The van der Waals surface area contributed by atoms with E-state index < -0.39 is 0 Å². The van der Waals surface area contributed by atoms with Crippen molar-refractivity contribution in [3.8, 4) is 10.4 Å². The molecule has 0 bridgehead atoms. The highest BCUT2D eigenvalue weighted by atomic mass is 32.1. The molecule has 2 rings (SSSR count). The summed E-state index contributed by atoms with van der Waals surface area (Å²) in [6, 6.07) is 8.54. The second-order valence-corrected chi connectivity index (χ2v) is 4.39. The third-order valence-corrected chi connectivity index (χ3v) is 3.25. The van der Waals surface area contributed by atoms with Gasteiger partial charge in [0, 0.05) is 6.42 Å². The van der Waals surface area contributed by atoms with Crippen LogP contribution in [-0.2, 0) is 6.42 Å². The fraction of sp³-hybridized carbons (Fsp3) is 0.250. The molecule has 0 aliphatic carbocycles. The lowest BCUT2D eigenvalue weighted by Gasteiger charge is -2.01. The minimum atomic E-state index is 0.655. The van der Waals surface area contributed by atoms with Crippen LogP contribution in [0.1, 0.15) is 11.3 Å². The van der Waals surface area contributed by atoms with Gasteiger partial charge in [0.15, 0.2) is 0 Å². The predicted octanol–water partition coefficient (Wildman–Crippen LogP) is 2.62. The fourth-order valence-electron chi connectivity index (χ4n) is 1.52. The Bertz CT molecular complexity index is 431. The summed E-state index contributed by atoms with van der Waals surface area (Å²) in [7, 11) is 0. The van der Waals surface area contributed by atoms with Gasteiger partial charge in [-0.25, -0.2) is 4.98 Å². The van der Waals surface area contributed by atoms with Crippen molar-refractivity contribution in [1.29, 1.82) is 0 Å². The van der Waals surface area contributed by atoms with E-state index in [1.54, 1.807) is 11.3 Å². The first kappa shape index (κ1) is 10.3. The van der Waals surface area contributed by atoms with E-state index in [-0.39, 0.29) is 0 Å². The fourth-order valence-corrected chi connectivity index (χ4v) is 2.37. The lowest BCUT2D eigenvalue weighted by atomic mass is 10.1. The molecule has 15 heavy (non-hydrogen) atoms. The van der Waals surface area contributed by atoms with Crippen molar-refractivity contribution in [3.63, 3.8) is 0 Å². The maximum atomic E-state index is 5.56. The SMILES string of the molecule is Cc1ccc(-c2scnc2CCN)cc1. The number of aryl methyl sites for hydroxylation is 1. The van der Waals surface area contributed by atoms with E-state index in [0.29, 0.717) is 6.54 Å². The second-order valence-electron chi connectivity index (χ2n) is 3.53. The molecular formula is C12H14N2S. The van der Waals surface area contributed by atoms with Crippen molar-refractivity contribution >= 4 is 11.3 Å². The molecule has 0 fully saturated rings. The summed E-state index contributed by atoms with van der Waals surface area (Å²) in [4.78, 5) is 5.59. The Morgan fingerprint density at radius 3 is 2.67 bits per heavy atom. The van der Waals surface area contributed by atoms with Gasteiger partial charge in [-0.3, -0.25) is 0 Å². The lowest BCUT2D eigenvalue weighted by Crippen LogP contribution is -2.03. The first-order valence-electron chi connectivity index (χ1n) is 5.00. The van der Waals surface area contributed by atoms with Crippen LogP contribution in [0.5, 0.6) is 0 Å². The summed E-state index contributed by atoms with van der Waals surface area (Å²) in [5.41, 5.74) is 11.1. The summed E-state index contributed by atoms with van der Waals surface area (Å²) in [6.45, 7) is 2.75. The van der Waals surface area contributed by atoms with Crippen LogP contribution in [0.2, 0.25) is 0 Å². The van der Waals surface area contributed by atoms with Crippen molar-refractivity contribution < 1.29 is 0 Å². The monoisotopic (exact) mass is 218 g/mol. The van der Waals surface area contributed by atoms with Gasteiger partial charge >= 0.3 is 0 Å². The Morgan fingerprint density at radius 2 is 2.00 bits per heavy atom. The molecule has 0 spiro atoms. The van der Waals surface area contributed by atoms with E-state index >= 15 is 0 Å². The lowest BCUT2D eigenvalue weighted by molar-refractivity contribution is 0.937. The van der Waals surface area contributed by atoms with Crippen LogP contribution in [0.25, 0.3) is 10.4 Å². The number of nitrogens with zero attached hydrogens (tertiary/aromatic N) is 1. The van der Waals surface area contributed by atoms with Crippen LogP contribution in [0.15, 0.2) is 29.8 Å². The largest absolute Gasteiger partial charge is 0.330 e. The molecule has 2 nitrogen and oxygen atoms in total. The molecule has 1 heterocycles. The maximum Gasteiger partial charge on any atom is 0.0801 e. The quantitative estimate of drug-likeness (QED) is 0.860. The average Bonchev–Trinajstić information content (AvgIpc) is 2.68. The first-order valence-corrected chi connectivity index (χ1v) is 5.88. The molecule has 78 valence electrons. The highest BCUT2D eigenvalue weighted by molar-refractivity contribution is 7.13. The smallest absolute Gasteiger partial charge is 0.0801 e. The number of aromatic nitrogens is 1. The molecule has 3 heteroatoms. The zero-order valence-electron chi connectivity index (χ0n) is 8.73. The standard InChI is InChI=1S/C12H14N2S/c1-9-2-4-10(5-3-9)12-11(6-7-13)14-8-15-12/h2-5,8H,6-7,13H2,1H3. The molecule has 1 aromatic carbocycles. The number of benzene rings is 1. The van der Waals surface area contributed by atoms with Gasteiger partial charge in [0.2, 0.25) is 0 Å². The topological polar surface area (TPSA) is 38.9 Å². The van der Waals surface area contributed by atoms with Gasteiger partial charge in [0.05, 0.1) is 16.1 Å². The van der Waals surface area contributed by atoms with Gasteiger partial charge < -0.3 is 5.73 Å². The molecular weight excluding hydrogens is 204 g/mol. The van der Waals surface area contributed by atoms with E-state index in [0.717, 1.165) is 12.1 Å². The molecule has 0 radical (unpaired) electrons. The number of rotatable bonds is 3. The van der Waals surface area contributed by atoms with Gasteiger partial charge in [0.25, 0.3) is 0 Å². The molecule has 0 atom stereocenters. The maximum absolute atomic E-state index is 5.56. The van der Waals surface area contributed by atoms with Gasteiger partial charge in [-0.05, 0) is 19.0 Å². The van der Waals surface area contributed by atoms with E-state index in [1.165, 1.54) is 16.0 Å². The highest BCUT2D eigenvalue weighted by Gasteiger charge is 2.07. The number of nitrogens with two attached hydrogens (primary N) is 1. The number of thiazole rings is 1. The third kappa shape index (κ3) is 2.25. The Balaban J connectivity index is 2.36. The van der Waals surface area contributed by atoms with E-state index in [9.17, 15) is 0 Å². The van der Waals surface area contributed by atoms with E-state index in [4.69, 9.17) is 5.73 Å². The number of hydrogen-bond acceptors (Lipinski definition) is 3. The van der Waals surface area contributed by atoms with Crippen LogP contribution in [0.4, 0.5) is 0 Å². The minimum Gasteiger partial charge on any atom is -0.330 e. The van der Waals surface area contributed by atoms with E-state index in [2.05, 4.69) is 36.2 Å².